The average molecular weight is 678 g/mol. The fourth-order valence-corrected chi connectivity index (χ4v) is 4.57. The minimum absolute atomic E-state index is 0.158. The molecule has 4 nitrogen and oxygen atoms in total. The molecule has 15 heteroatoms. The molecule has 0 aliphatic carbocycles. The van der Waals surface area contributed by atoms with Gasteiger partial charge in [-0.1, -0.05) is 12.1 Å². The van der Waals surface area contributed by atoms with E-state index in [-0.39, 0.29) is 17.7 Å². The van der Waals surface area contributed by atoms with E-state index in [1.807, 2.05) is 0 Å². The van der Waals surface area contributed by atoms with Crippen LogP contribution in [0.3, 0.4) is 0 Å². The van der Waals surface area contributed by atoms with E-state index < -0.39 is 72.9 Å². The molecule has 0 saturated heterocycles. The highest BCUT2D eigenvalue weighted by Gasteiger charge is 2.73. The molecule has 38 heavy (non-hydrogen) atoms. The van der Waals surface area contributed by atoms with Crippen molar-refractivity contribution in [3.8, 4) is 0 Å². The molecule has 2 N–H and O–H groups in total. The highest BCUT2D eigenvalue weighted by Crippen LogP contribution is 2.54. The minimum atomic E-state index is -6.37. The SMILES string of the molecule is O=C(Nc1cccc(C(=O)Nc2c(Br)cc(C(F)(C(F)(F)F)C(F)(F)F)cc2Br)c1F)c1cccc(F)c1. The standard InChI is InChI=1S/C23H11Br2F9N2O2/c24-14-8-11(21(28,22(29,30)31)23(32,33)34)9-15(25)18(14)36-20(38)13-5-2-6-16(17(13)27)35-19(37)10-3-1-4-12(26)7-10/h1-9H,(H,35,37)(H,36,38). The first-order valence-corrected chi connectivity index (χ1v) is 11.5. The van der Waals surface area contributed by atoms with Gasteiger partial charge in [0, 0.05) is 20.1 Å². The molecule has 0 atom stereocenters. The Kier molecular flexibility index (Phi) is 8.22. The van der Waals surface area contributed by atoms with Crippen molar-refractivity contribution in [1.82, 2.24) is 0 Å². The summed E-state index contributed by atoms with van der Waals surface area (Å²) in [6.45, 7) is 0. The first kappa shape index (κ1) is 29.5. The van der Waals surface area contributed by atoms with Gasteiger partial charge in [-0.25, -0.2) is 13.2 Å². The smallest absolute Gasteiger partial charge is 0.320 e. The minimum Gasteiger partial charge on any atom is -0.320 e. The van der Waals surface area contributed by atoms with Gasteiger partial charge in [-0.05, 0) is 74.3 Å². The van der Waals surface area contributed by atoms with E-state index in [4.69, 9.17) is 0 Å². The van der Waals surface area contributed by atoms with Crippen LogP contribution in [0.4, 0.5) is 50.9 Å². The summed E-state index contributed by atoms with van der Waals surface area (Å²) < 4.78 is 120. The third kappa shape index (κ3) is 5.67. The van der Waals surface area contributed by atoms with Crippen molar-refractivity contribution < 1.29 is 49.1 Å². The number of carbonyl (C=O) groups excluding carboxylic acids is 2. The van der Waals surface area contributed by atoms with Crippen molar-refractivity contribution >= 4 is 55.0 Å². The first-order chi connectivity index (χ1) is 17.5. The molecular formula is C23H11Br2F9N2O2. The summed E-state index contributed by atoms with van der Waals surface area (Å²) in [5.74, 6) is -4.12. The van der Waals surface area contributed by atoms with Crippen LogP contribution in [0.2, 0.25) is 0 Å². The second-order valence-corrected chi connectivity index (χ2v) is 9.26. The summed E-state index contributed by atoms with van der Waals surface area (Å²) in [6, 6.07) is 8.00. The van der Waals surface area contributed by atoms with Crippen molar-refractivity contribution in [1.29, 1.82) is 0 Å². The number of hydrogen-bond donors (Lipinski definition) is 2. The maximum Gasteiger partial charge on any atom is 0.435 e. The van der Waals surface area contributed by atoms with Crippen LogP contribution in [0.1, 0.15) is 26.3 Å². The van der Waals surface area contributed by atoms with Crippen LogP contribution in [0.5, 0.6) is 0 Å². The zero-order valence-electron chi connectivity index (χ0n) is 18.2. The molecule has 202 valence electrons. The Morgan fingerprint density at radius 3 is 1.79 bits per heavy atom. The van der Waals surface area contributed by atoms with Crippen LogP contribution in [-0.4, -0.2) is 24.2 Å². The number of nitrogens with one attached hydrogen (secondary N) is 2. The Balaban J connectivity index is 1.92. The Hall–Kier alpha value is -3.07. The van der Waals surface area contributed by atoms with E-state index >= 15 is 0 Å². The first-order valence-electron chi connectivity index (χ1n) is 9.96. The quantitative estimate of drug-likeness (QED) is 0.267. The van der Waals surface area contributed by atoms with Crippen LogP contribution in [-0.2, 0) is 5.67 Å². The Morgan fingerprint density at radius 1 is 0.711 bits per heavy atom. The molecule has 0 aromatic heterocycles. The lowest BCUT2D eigenvalue weighted by Crippen LogP contribution is -2.50. The molecule has 0 aliphatic heterocycles. The number of benzene rings is 3. The largest absolute Gasteiger partial charge is 0.435 e. The maximum absolute atomic E-state index is 15.0. The Bertz CT molecular complexity index is 1370. The molecule has 0 unspecified atom stereocenters. The number of alkyl halides is 7. The summed E-state index contributed by atoms with van der Waals surface area (Å²) in [7, 11) is 0. The lowest BCUT2D eigenvalue weighted by atomic mass is 9.94. The summed E-state index contributed by atoms with van der Waals surface area (Å²) in [5.41, 5.74) is -9.34. The fourth-order valence-electron chi connectivity index (χ4n) is 3.19. The Labute approximate surface area is 224 Å². The number of hydrogen-bond acceptors (Lipinski definition) is 2. The molecule has 0 aliphatic rings. The van der Waals surface area contributed by atoms with Gasteiger partial charge in [0.05, 0.1) is 16.9 Å². The summed E-state index contributed by atoms with van der Waals surface area (Å²) in [4.78, 5) is 25.0. The van der Waals surface area contributed by atoms with Gasteiger partial charge in [0.15, 0.2) is 5.82 Å². The molecule has 0 heterocycles. The van der Waals surface area contributed by atoms with Gasteiger partial charge < -0.3 is 10.6 Å². The van der Waals surface area contributed by atoms with Crippen molar-refractivity contribution in [2.45, 2.75) is 18.0 Å². The van der Waals surface area contributed by atoms with Crippen molar-refractivity contribution in [2.75, 3.05) is 10.6 Å². The summed E-state index contributed by atoms with van der Waals surface area (Å²) in [6.07, 6.45) is -12.7. The Morgan fingerprint density at radius 2 is 1.26 bits per heavy atom. The van der Waals surface area contributed by atoms with Gasteiger partial charge in [0.1, 0.15) is 5.82 Å². The van der Waals surface area contributed by atoms with E-state index in [9.17, 15) is 49.1 Å². The van der Waals surface area contributed by atoms with Gasteiger partial charge in [-0.2, -0.15) is 26.3 Å². The predicted molar refractivity (Wildman–Crippen MR) is 125 cm³/mol. The van der Waals surface area contributed by atoms with Gasteiger partial charge in [-0.15, -0.1) is 0 Å². The molecule has 0 bridgehead atoms. The number of carbonyl (C=O) groups is 2. The highest BCUT2D eigenvalue weighted by molar-refractivity contribution is 9.11. The average Bonchev–Trinajstić information content (AvgIpc) is 2.80. The second-order valence-electron chi connectivity index (χ2n) is 7.55. The van der Waals surface area contributed by atoms with Gasteiger partial charge >= 0.3 is 18.0 Å². The van der Waals surface area contributed by atoms with Crippen molar-refractivity contribution in [2.24, 2.45) is 0 Å². The van der Waals surface area contributed by atoms with Gasteiger partial charge in [0.25, 0.3) is 11.8 Å². The van der Waals surface area contributed by atoms with E-state index in [2.05, 4.69) is 42.5 Å². The number of halogens is 11. The normalized spacial score (nSPS) is 12.3. The van der Waals surface area contributed by atoms with E-state index in [1.165, 1.54) is 12.1 Å². The van der Waals surface area contributed by atoms with Crippen molar-refractivity contribution in [3.63, 3.8) is 0 Å². The van der Waals surface area contributed by atoms with E-state index in [0.29, 0.717) is 0 Å². The van der Waals surface area contributed by atoms with Crippen molar-refractivity contribution in [3.05, 3.63) is 91.9 Å². The fraction of sp³-hybridized carbons (Fsp3) is 0.130. The van der Waals surface area contributed by atoms with Crippen LogP contribution < -0.4 is 10.6 Å². The van der Waals surface area contributed by atoms with Crippen LogP contribution in [0, 0.1) is 11.6 Å². The maximum atomic E-state index is 15.0. The number of rotatable bonds is 5. The van der Waals surface area contributed by atoms with Crippen LogP contribution in [0.15, 0.2) is 63.5 Å². The molecule has 2 amide bonds. The lowest BCUT2D eigenvalue weighted by molar-refractivity contribution is -0.348. The van der Waals surface area contributed by atoms with Crippen LogP contribution >= 0.6 is 31.9 Å². The molecule has 0 saturated carbocycles. The molecule has 3 aromatic carbocycles. The highest BCUT2D eigenvalue weighted by atomic mass is 79.9. The monoisotopic (exact) mass is 676 g/mol. The third-order valence-corrected chi connectivity index (χ3v) is 6.29. The molecule has 0 spiro atoms. The predicted octanol–water partition coefficient (Wildman–Crippen LogP) is 8.28. The third-order valence-electron chi connectivity index (χ3n) is 5.04. The summed E-state index contributed by atoms with van der Waals surface area (Å²) >= 11 is 5.39. The van der Waals surface area contributed by atoms with Gasteiger partial charge in [0.2, 0.25) is 0 Å². The molecule has 0 radical (unpaired) electrons. The zero-order valence-corrected chi connectivity index (χ0v) is 21.3. The second kappa shape index (κ2) is 10.6. The molecule has 3 rings (SSSR count). The van der Waals surface area contributed by atoms with Crippen LogP contribution in [0.25, 0.3) is 0 Å². The molecule has 3 aromatic rings. The van der Waals surface area contributed by atoms with E-state index in [1.54, 1.807) is 0 Å². The lowest BCUT2D eigenvalue weighted by Gasteiger charge is -2.31. The molecular weight excluding hydrogens is 667 g/mol. The topological polar surface area (TPSA) is 58.2 Å². The zero-order chi connectivity index (χ0) is 28.6. The molecule has 0 fully saturated rings. The van der Waals surface area contributed by atoms with Gasteiger partial charge in [-0.3, -0.25) is 9.59 Å². The summed E-state index contributed by atoms with van der Waals surface area (Å²) in [5, 5.41) is 4.25. The number of amides is 2. The van der Waals surface area contributed by atoms with E-state index in [0.717, 1.165) is 30.3 Å². The number of anilines is 2.